The predicted molar refractivity (Wildman–Crippen MR) is 234 cm³/mol. The first kappa shape index (κ1) is 34.1. The van der Waals surface area contributed by atoms with Crippen molar-refractivity contribution in [1.29, 1.82) is 5.26 Å². The van der Waals surface area contributed by atoms with Crippen molar-refractivity contribution in [2.75, 3.05) is 0 Å². The highest BCUT2D eigenvalue weighted by Gasteiger charge is 2.45. The van der Waals surface area contributed by atoms with Gasteiger partial charge in [0.2, 0.25) is 0 Å². The molecule has 2 fully saturated rings. The van der Waals surface area contributed by atoms with Crippen LogP contribution >= 0.6 is 22.6 Å². The molecule has 10 rings (SSSR count). The molecule has 0 saturated heterocycles. The third-order valence-electron chi connectivity index (χ3n) is 12.2. The van der Waals surface area contributed by atoms with Crippen LogP contribution in [0, 0.1) is 23.2 Å². The Bertz CT molecular complexity index is 2740. The van der Waals surface area contributed by atoms with E-state index >= 15 is 0 Å². The molecule has 0 radical (unpaired) electrons. The lowest BCUT2D eigenvalue weighted by Gasteiger charge is -2.50. The van der Waals surface area contributed by atoms with Gasteiger partial charge in [-0.05, 0) is 129 Å². The molecule has 1 unspecified atom stereocenters. The minimum absolute atomic E-state index is 0.313. The van der Waals surface area contributed by atoms with Crippen molar-refractivity contribution in [3.8, 4) is 51.4 Å². The summed E-state index contributed by atoms with van der Waals surface area (Å²) in [7, 11) is 0. The highest BCUT2D eigenvalue weighted by molar-refractivity contribution is 14.1. The molecular weight excluding hydrogens is 783 g/mol. The molecule has 7 aromatic carbocycles. The zero-order valence-electron chi connectivity index (χ0n) is 30.7. The van der Waals surface area contributed by atoms with Crippen molar-refractivity contribution in [2.45, 2.75) is 48.4 Å². The first-order valence-electron chi connectivity index (χ1n) is 19.4. The van der Waals surface area contributed by atoms with Gasteiger partial charge < -0.3 is 0 Å². The molecule has 0 aliphatic heterocycles. The molecule has 55 heavy (non-hydrogen) atoms. The topological polar surface area (TPSA) is 62.5 Å². The lowest BCUT2D eigenvalue weighted by atomic mass is 9.56. The van der Waals surface area contributed by atoms with Crippen LogP contribution in [-0.4, -0.2) is 18.9 Å². The van der Waals surface area contributed by atoms with E-state index in [0.29, 0.717) is 28.5 Å². The van der Waals surface area contributed by atoms with Gasteiger partial charge in [-0.15, -0.1) is 0 Å². The van der Waals surface area contributed by atoms with Crippen LogP contribution in [0.25, 0.3) is 77.6 Å². The molecule has 2 bridgehead atoms. The molecule has 1 heterocycles. The van der Waals surface area contributed by atoms with Gasteiger partial charge in [-0.25, -0.2) is 15.0 Å². The first-order chi connectivity index (χ1) is 26.9. The summed E-state index contributed by atoms with van der Waals surface area (Å²) in [5.74, 6) is 3.44. The minimum Gasteiger partial charge on any atom is -0.208 e. The van der Waals surface area contributed by atoms with Crippen LogP contribution < -0.4 is 0 Å². The van der Waals surface area contributed by atoms with E-state index < -0.39 is 0 Å². The molecule has 0 N–H and O–H groups in total. The zero-order chi connectivity index (χ0) is 37.1. The minimum atomic E-state index is 0.313. The summed E-state index contributed by atoms with van der Waals surface area (Å²) in [6.07, 6.45) is 6.73. The fourth-order valence-electron chi connectivity index (χ4n) is 10.0. The van der Waals surface area contributed by atoms with Crippen molar-refractivity contribution in [3.05, 3.63) is 151 Å². The van der Waals surface area contributed by atoms with Crippen molar-refractivity contribution in [1.82, 2.24) is 15.0 Å². The third-order valence-corrected chi connectivity index (χ3v) is 13.2. The number of nitriles is 1. The Labute approximate surface area is 335 Å². The second-order valence-corrected chi connectivity index (χ2v) is 17.7. The van der Waals surface area contributed by atoms with Gasteiger partial charge in [0, 0.05) is 20.6 Å². The van der Waals surface area contributed by atoms with Crippen molar-refractivity contribution < 1.29 is 0 Å². The van der Waals surface area contributed by atoms with Crippen LogP contribution in [-0.2, 0) is 5.41 Å². The Kier molecular flexibility index (Phi) is 8.48. The predicted octanol–water partition coefficient (Wildman–Crippen LogP) is 13.1. The molecule has 0 spiro atoms. The third kappa shape index (κ3) is 6.08. The number of halogens is 1. The summed E-state index contributed by atoms with van der Waals surface area (Å²) in [5.41, 5.74) is 7.66. The molecule has 0 amide bonds. The van der Waals surface area contributed by atoms with Gasteiger partial charge in [0.25, 0.3) is 0 Å². The normalized spacial score (nSPS) is 20.8. The number of aromatic nitrogens is 3. The highest BCUT2D eigenvalue weighted by atomic mass is 127. The maximum absolute atomic E-state index is 9.39. The maximum atomic E-state index is 9.39. The van der Waals surface area contributed by atoms with Crippen LogP contribution in [0.2, 0.25) is 0 Å². The molecular formula is C50H39IN4. The summed E-state index contributed by atoms with van der Waals surface area (Å²) < 4.78 is 0.766. The molecule has 2 saturated carbocycles. The van der Waals surface area contributed by atoms with Crippen LogP contribution in [0.4, 0.5) is 0 Å². The quantitative estimate of drug-likeness (QED) is 0.0985. The highest BCUT2D eigenvalue weighted by Crippen LogP contribution is 2.54. The number of hydrogen-bond donors (Lipinski definition) is 0. The van der Waals surface area contributed by atoms with Crippen molar-refractivity contribution >= 4 is 54.9 Å². The lowest BCUT2D eigenvalue weighted by Crippen LogP contribution is -2.43. The van der Waals surface area contributed by atoms with Gasteiger partial charge in [-0.2, -0.15) is 5.26 Å². The second-order valence-electron chi connectivity index (χ2n) is 15.9. The number of alkyl halides is 1. The second kappa shape index (κ2) is 13.7. The van der Waals surface area contributed by atoms with E-state index in [1.807, 2.05) is 42.5 Å². The number of benzene rings is 7. The molecule has 4 atom stereocenters. The Hall–Kier alpha value is -5.45. The van der Waals surface area contributed by atoms with Crippen LogP contribution in [0.1, 0.15) is 50.2 Å². The van der Waals surface area contributed by atoms with E-state index in [9.17, 15) is 5.26 Å². The SMILES string of the molecule is C[C@H]1C[C@H]2C[C@@H](I)CC(c3ccc(-c4cccc5c6ccc(-c7nc(-c8ccccc8)nc(-c8ccc(C#N)cc8)n7)cc6c6ccccc6c45)cc3)(C1)C2. The van der Waals surface area contributed by atoms with Gasteiger partial charge in [-0.1, -0.05) is 139 Å². The average molecular weight is 823 g/mol. The Balaban J connectivity index is 1.11. The maximum Gasteiger partial charge on any atom is 0.164 e. The molecule has 8 aromatic rings. The van der Waals surface area contributed by atoms with Gasteiger partial charge in [-0.3, -0.25) is 0 Å². The van der Waals surface area contributed by atoms with E-state index in [1.165, 1.54) is 81.1 Å². The fraction of sp³-hybridized carbons (Fsp3) is 0.200. The van der Waals surface area contributed by atoms with Gasteiger partial charge in [0.15, 0.2) is 17.5 Å². The lowest BCUT2D eigenvalue weighted by molar-refractivity contribution is 0.117. The standard InChI is InChI=1S/C50H39IN4/c1-31-24-33-25-39(51)29-50(27-31,28-33)38-21-18-34(19-22-38)40-12-7-13-44-42-23-20-37(26-45(42)41-10-5-6-11-43(41)46(40)44)49-54-47(35-8-3-2-4-9-35)53-48(55-49)36-16-14-32(30-52)15-17-36/h2-23,26,31,33,39H,24-25,27-29H2,1H3/t31-,33-,39+,50?/m0/s1. The summed E-state index contributed by atoms with van der Waals surface area (Å²) in [4.78, 5) is 14.9. The van der Waals surface area contributed by atoms with E-state index in [4.69, 9.17) is 15.0 Å². The summed E-state index contributed by atoms with van der Waals surface area (Å²) >= 11 is 2.72. The van der Waals surface area contributed by atoms with Crippen LogP contribution in [0.5, 0.6) is 0 Å². The number of rotatable bonds is 5. The molecule has 2 aliphatic carbocycles. The van der Waals surface area contributed by atoms with Crippen molar-refractivity contribution in [3.63, 3.8) is 0 Å². The fourth-order valence-corrected chi connectivity index (χ4v) is 11.6. The summed E-state index contributed by atoms with van der Waals surface area (Å²) in [6, 6.07) is 51.6. The molecule has 4 nitrogen and oxygen atoms in total. The number of nitrogens with zero attached hydrogens (tertiary/aromatic N) is 4. The summed E-state index contributed by atoms with van der Waals surface area (Å²) in [6.45, 7) is 2.47. The van der Waals surface area contributed by atoms with Gasteiger partial charge in [0.1, 0.15) is 0 Å². The molecule has 266 valence electrons. The Morgan fingerprint density at radius 2 is 1.16 bits per heavy atom. The number of fused-ring (bicyclic) bond motifs is 8. The monoisotopic (exact) mass is 822 g/mol. The Morgan fingerprint density at radius 3 is 1.89 bits per heavy atom. The largest absolute Gasteiger partial charge is 0.208 e. The molecule has 2 aliphatic rings. The Morgan fingerprint density at radius 1 is 0.564 bits per heavy atom. The zero-order valence-corrected chi connectivity index (χ0v) is 32.9. The van der Waals surface area contributed by atoms with E-state index in [2.05, 4.69) is 121 Å². The van der Waals surface area contributed by atoms with E-state index in [1.54, 1.807) is 12.1 Å². The average Bonchev–Trinajstić information content (AvgIpc) is 3.23. The smallest absolute Gasteiger partial charge is 0.164 e. The van der Waals surface area contributed by atoms with E-state index in [-0.39, 0.29) is 0 Å². The molecule has 1 aromatic heterocycles. The van der Waals surface area contributed by atoms with Crippen LogP contribution in [0.15, 0.2) is 140 Å². The van der Waals surface area contributed by atoms with Crippen molar-refractivity contribution in [2.24, 2.45) is 11.8 Å². The van der Waals surface area contributed by atoms with Crippen LogP contribution in [0.3, 0.4) is 0 Å². The molecule has 5 heteroatoms. The summed E-state index contributed by atoms with van der Waals surface area (Å²) in [5, 5.41) is 16.7. The van der Waals surface area contributed by atoms with Gasteiger partial charge >= 0.3 is 0 Å². The van der Waals surface area contributed by atoms with Gasteiger partial charge in [0.05, 0.1) is 11.6 Å². The number of hydrogen-bond acceptors (Lipinski definition) is 4. The van der Waals surface area contributed by atoms with E-state index in [0.717, 1.165) is 32.5 Å². The first-order valence-corrected chi connectivity index (χ1v) is 20.6.